The smallest absolute Gasteiger partial charge is 0.231 e. The van der Waals surface area contributed by atoms with Gasteiger partial charge in [0.15, 0.2) is 11.5 Å². The van der Waals surface area contributed by atoms with E-state index in [2.05, 4.69) is 38.2 Å². The van der Waals surface area contributed by atoms with E-state index in [1.807, 2.05) is 6.07 Å². The van der Waals surface area contributed by atoms with Crippen LogP contribution < -0.4 is 14.8 Å². The van der Waals surface area contributed by atoms with Gasteiger partial charge in [0.05, 0.1) is 0 Å². The van der Waals surface area contributed by atoms with E-state index in [1.54, 1.807) is 0 Å². The third-order valence-electron chi connectivity index (χ3n) is 4.79. The lowest BCUT2D eigenvalue weighted by molar-refractivity contribution is 0.174. The Bertz CT molecular complexity index is 474. The molecule has 1 aliphatic carbocycles. The number of rotatable bonds is 3. The van der Waals surface area contributed by atoms with Gasteiger partial charge in [-0.05, 0) is 55.7 Å². The maximum Gasteiger partial charge on any atom is 0.231 e. The van der Waals surface area contributed by atoms with Crippen molar-refractivity contribution in [2.45, 2.75) is 52.1 Å². The van der Waals surface area contributed by atoms with Crippen LogP contribution in [0.4, 0.5) is 0 Å². The van der Waals surface area contributed by atoms with Crippen molar-refractivity contribution in [1.82, 2.24) is 5.32 Å². The van der Waals surface area contributed by atoms with E-state index < -0.39 is 0 Å². The molecule has 20 heavy (non-hydrogen) atoms. The van der Waals surface area contributed by atoms with Crippen LogP contribution in [0.1, 0.15) is 51.6 Å². The van der Waals surface area contributed by atoms with Crippen LogP contribution in [0.2, 0.25) is 0 Å². The fourth-order valence-corrected chi connectivity index (χ4v) is 3.51. The summed E-state index contributed by atoms with van der Waals surface area (Å²) in [5.41, 5.74) is 1.28. The van der Waals surface area contributed by atoms with Gasteiger partial charge in [-0.25, -0.2) is 0 Å². The van der Waals surface area contributed by atoms with Crippen molar-refractivity contribution in [3.8, 4) is 11.5 Å². The summed E-state index contributed by atoms with van der Waals surface area (Å²) in [7, 11) is 0. The quantitative estimate of drug-likeness (QED) is 0.907. The second-order valence-corrected chi connectivity index (χ2v) is 6.50. The molecule has 4 unspecified atom stereocenters. The number of fused-ring (bicyclic) bond motifs is 1. The predicted octanol–water partition coefficient (Wildman–Crippen LogP) is 3.89. The standard InChI is InChI=1S/C17H25NO2/c1-11-4-6-15(12(2)8-11)18-13(3)14-5-7-16-17(9-14)20-10-19-16/h5,7,9,11-13,15,18H,4,6,8,10H2,1-3H3. The van der Waals surface area contributed by atoms with Crippen molar-refractivity contribution in [2.24, 2.45) is 11.8 Å². The zero-order valence-corrected chi connectivity index (χ0v) is 12.7. The maximum absolute atomic E-state index is 5.46. The summed E-state index contributed by atoms with van der Waals surface area (Å²) >= 11 is 0. The first kappa shape index (κ1) is 13.7. The van der Waals surface area contributed by atoms with Crippen LogP contribution in [0.3, 0.4) is 0 Å². The molecule has 0 saturated heterocycles. The van der Waals surface area contributed by atoms with Gasteiger partial charge in [0.1, 0.15) is 0 Å². The van der Waals surface area contributed by atoms with E-state index in [4.69, 9.17) is 9.47 Å². The summed E-state index contributed by atoms with van der Waals surface area (Å²) in [5, 5.41) is 3.80. The molecule has 1 fully saturated rings. The SMILES string of the molecule is CC1CCC(NC(C)c2ccc3c(c2)OCO3)C(C)C1. The molecule has 1 aliphatic heterocycles. The molecular formula is C17H25NO2. The molecular weight excluding hydrogens is 250 g/mol. The second-order valence-electron chi connectivity index (χ2n) is 6.50. The van der Waals surface area contributed by atoms with Crippen LogP contribution in [-0.2, 0) is 0 Å². The Hall–Kier alpha value is -1.22. The lowest BCUT2D eigenvalue weighted by Gasteiger charge is -2.35. The third kappa shape index (κ3) is 2.78. The Balaban J connectivity index is 1.65. The molecule has 3 heteroatoms. The Kier molecular flexibility index (Phi) is 3.88. The minimum atomic E-state index is 0.345. The zero-order valence-electron chi connectivity index (χ0n) is 12.7. The number of hydrogen-bond donors (Lipinski definition) is 1. The molecule has 1 N–H and O–H groups in total. The number of benzene rings is 1. The normalized spacial score (nSPS) is 30.2. The van der Waals surface area contributed by atoms with Crippen LogP contribution in [0, 0.1) is 11.8 Å². The van der Waals surface area contributed by atoms with Gasteiger partial charge >= 0.3 is 0 Å². The van der Waals surface area contributed by atoms with Crippen LogP contribution >= 0.6 is 0 Å². The Morgan fingerprint density at radius 2 is 1.95 bits per heavy atom. The summed E-state index contributed by atoms with van der Waals surface area (Å²) in [5.74, 6) is 3.38. The maximum atomic E-state index is 5.46. The average Bonchev–Trinajstić information content (AvgIpc) is 2.89. The molecule has 4 atom stereocenters. The van der Waals surface area contributed by atoms with Crippen molar-refractivity contribution in [1.29, 1.82) is 0 Å². The highest BCUT2D eigenvalue weighted by Crippen LogP contribution is 2.35. The fraction of sp³-hybridized carbons (Fsp3) is 0.647. The van der Waals surface area contributed by atoms with Gasteiger partial charge in [-0.3, -0.25) is 0 Å². The van der Waals surface area contributed by atoms with Crippen LogP contribution in [0.25, 0.3) is 0 Å². The first-order valence-electron chi connectivity index (χ1n) is 7.79. The summed E-state index contributed by atoms with van der Waals surface area (Å²) in [6, 6.07) is 7.25. The topological polar surface area (TPSA) is 30.5 Å². The minimum Gasteiger partial charge on any atom is -0.454 e. The average molecular weight is 275 g/mol. The Morgan fingerprint density at radius 1 is 1.15 bits per heavy atom. The molecule has 0 spiro atoms. The predicted molar refractivity (Wildman–Crippen MR) is 80.1 cm³/mol. The van der Waals surface area contributed by atoms with E-state index >= 15 is 0 Å². The highest BCUT2D eigenvalue weighted by atomic mass is 16.7. The van der Waals surface area contributed by atoms with Gasteiger partial charge in [-0.1, -0.05) is 19.9 Å². The first-order valence-corrected chi connectivity index (χ1v) is 7.79. The summed E-state index contributed by atoms with van der Waals surface area (Å²) < 4.78 is 10.8. The zero-order chi connectivity index (χ0) is 14.1. The molecule has 0 amide bonds. The monoisotopic (exact) mass is 275 g/mol. The molecule has 1 aromatic rings. The van der Waals surface area contributed by atoms with Gasteiger partial charge in [0, 0.05) is 12.1 Å². The van der Waals surface area contributed by atoms with Crippen molar-refractivity contribution < 1.29 is 9.47 Å². The first-order chi connectivity index (χ1) is 9.63. The van der Waals surface area contributed by atoms with Gasteiger partial charge in [-0.15, -0.1) is 0 Å². The largest absolute Gasteiger partial charge is 0.454 e. The molecule has 1 heterocycles. The Labute approximate surface area is 121 Å². The third-order valence-corrected chi connectivity index (χ3v) is 4.79. The van der Waals surface area contributed by atoms with Gasteiger partial charge in [-0.2, -0.15) is 0 Å². The molecule has 3 rings (SSSR count). The summed E-state index contributed by atoms with van der Waals surface area (Å²) in [6.45, 7) is 7.33. The number of hydrogen-bond acceptors (Lipinski definition) is 3. The fourth-order valence-electron chi connectivity index (χ4n) is 3.51. The molecule has 0 bridgehead atoms. The lowest BCUT2D eigenvalue weighted by atomic mass is 9.79. The number of nitrogens with one attached hydrogen (secondary N) is 1. The molecule has 1 saturated carbocycles. The molecule has 110 valence electrons. The van der Waals surface area contributed by atoms with E-state index in [-0.39, 0.29) is 0 Å². The molecule has 3 nitrogen and oxygen atoms in total. The van der Waals surface area contributed by atoms with Gasteiger partial charge < -0.3 is 14.8 Å². The van der Waals surface area contributed by atoms with Crippen molar-refractivity contribution in [3.05, 3.63) is 23.8 Å². The van der Waals surface area contributed by atoms with Crippen molar-refractivity contribution in [3.63, 3.8) is 0 Å². The second kappa shape index (κ2) is 5.65. The Morgan fingerprint density at radius 3 is 2.75 bits per heavy atom. The molecule has 0 radical (unpaired) electrons. The summed E-state index contributed by atoms with van der Waals surface area (Å²) in [6.07, 6.45) is 3.97. The van der Waals surface area contributed by atoms with E-state index in [0.29, 0.717) is 18.9 Å². The lowest BCUT2D eigenvalue weighted by Crippen LogP contribution is -2.40. The minimum absolute atomic E-state index is 0.345. The van der Waals surface area contributed by atoms with Gasteiger partial charge in [0.25, 0.3) is 0 Å². The van der Waals surface area contributed by atoms with Crippen molar-refractivity contribution >= 4 is 0 Å². The van der Waals surface area contributed by atoms with E-state index in [9.17, 15) is 0 Å². The van der Waals surface area contributed by atoms with Crippen molar-refractivity contribution in [2.75, 3.05) is 6.79 Å². The number of ether oxygens (including phenoxy) is 2. The summed E-state index contributed by atoms with van der Waals surface area (Å²) in [4.78, 5) is 0. The van der Waals surface area contributed by atoms with Crippen LogP contribution in [-0.4, -0.2) is 12.8 Å². The van der Waals surface area contributed by atoms with E-state index in [1.165, 1.54) is 24.8 Å². The molecule has 0 aromatic heterocycles. The van der Waals surface area contributed by atoms with E-state index in [0.717, 1.165) is 23.3 Å². The van der Waals surface area contributed by atoms with Gasteiger partial charge in [0.2, 0.25) is 6.79 Å². The molecule has 2 aliphatic rings. The highest BCUT2D eigenvalue weighted by Gasteiger charge is 2.26. The van der Waals surface area contributed by atoms with Crippen LogP contribution in [0.5, 0.6) is 11.5 Å². The van der Waals surface area contributed by atoms with Crippen LogP contribution in [0.15, 0.2) is 18.2 Å². The highest BCUT2D eigenvalue weighted by molar-refractivity contribution is 5.45. The molecule has 1 aromatic carbocycles.